The van der Waals surface area contributed by atoms with Gasteiger partial charge in [0.15, 0.2) is 0 Å². The Balaban J connectivity index is 0. The van der Waals surface area contributed by atoms with Gasteiger partial charge in [-0.15, -0.1) is 0 Å². The van der Waals surface area contributed by atoms with Gasteiger partial charge in [-0.3, -0.25) is 0 Å². The Morgan fingerprint density at radius 2 is 2.00 bits per heavy atom. The molecule has 0 N–H and O–H groups in total. The summed E-state index contributed by atoms with van der Waals surface area (Å²) >= 11 is 2.04. The van der Waals surface area contributed by atoms with Crippen molar-refractivity contribution in [3.8, 4) is 0 Å². The molecule has 0 aromatic rings. The van der Waals surface area contributed by atoms with Gasteiger partial charge in [-0.25, -0.2) is 0 Å². The van der Waals surface area contributed by atoms with E-state index in [-0.39, 0.29) is 18.9 Å². The number of thioether (sulfide) groups is 1. The van der Waals surface area contributed by atoms with Crippen molar-refractivity contribution < 1.29 is 18.9 Å². The van der Waals surface area contributed by atoms with Crippen LogP contribution in [-0.2, 0) is 0 Å². The number of unbranched alkanes of at least 4 members (excludes halogenated alkanes) is 1. The maximum absolute atomic E-state index is 3.77. The van der Waals surface area contributed by atoms with Crippen molar-refractivity contribution in [2.45, 2.75) is 26.2 Å². The first-order valence-corrected chi connectivity index (χ1v) is 4.44. The van der Waals surface area contributed by atoms with Crippen LogP contribution in [0.25, 0.3) is 0 Å². The third-order valence-electron chi connectivity index (χ3n) is 0.887. The largest absolute Gasteiger partial charge is 1.00 e. The van der Waals surface area contributed by atoms with Gasteiger partial charge in [0.05, 0.1) is 0 Å². The summed E-state index contributed by atoms with van der Waals surface area (Å²) in [6, 6.07) is 0. The third kappa shape index (κ3) is 12.2. The molecule has 0 bridgehead atoms. The molecule has 0 saturated heterocycles. The van der Waals surface area contributed by atoms with Crippen LogP contribution in [0, 0.1) is 6.92 Å². The smallest absolute Gasteiger partial charge is 0.343 e. The monoisotopic (exact) mass is 138 g/mol. The zero-order chi connectivity index (χ0) is 6.24. The quantitative estimate of drug-likeness (QED) is 0.287. The Labute approximate surface area is 75.3 Å². The molecule has 0 aliphatic heterocycles. The molecule has 0 amide bonds. The maximum Gasteiger partial charge on any atom is 1.00 e. The summed E-state index contributed by atoms with van der Waals surface area (Å²) < 4.78 is 0. The van der Waals surface area contributed by atoms with E-state index in [1.165, 1.54) is 24.3 Å². The van der Waals surface area contributed by atoms with Crippen molar-refractivity contribution in [3.05, 3.63) is 6.92 Å². The molecule has 0 saturated carbocycles. The minimum atomic E-state index is 0. The van der Waals surface area contributed by atoms with Gasteiger partial charge in [-0.05, 0) is 17.9 Å². The van der Waals surface area contributed by atoms with Gasteiger partial charge in [-0.1, -0.05) is 13.3 Å². The second kappa shape index (κ2) is 11.7. The maximum atomic E-state index is 3.77. The summed E-state index contributed by atoms with van der Waals surface area (Å²) in [5, 5.41) is 0. The first kappa shape index (κ1) is 12.6. The van der Waals surface area contributed by atoms with Crippen molar-refractivity contribution >= 4 is 11.8 Å². The second-order valence-corrected chi connectivity index (χ2v) is 3.04. The van der Waals surface area contributed by atoms with Crippen LogP contribution >= 0.6 is 11.8 Å². The molecule has 2 heteroatoms. The Bertz CT molecular complexity index is 33.9. The van der Waals surface area contributed by atoms with Crippen LogP contribution in [0.15, 0.2) is 0 Å². The van der Waals surface area contributed by atoms with E-state index in [4.69, 9.17) is 0 Å². The van der Waals surface area contributed by atoms with Gasteiger partial charge in [0.25, 0.3) is 0 Å². The van der Waals surface area contributed by atoms with E-state index < -0.39 is 0 Å². The van der Waals surface area contributed by atoms with Crippen LogP contribution in [-0.4, -0.2) is 11.5 Å². The topological polar surface area (TPSA) is 0 Å². The molecule has 9 heavy (non-hydrogen) atoms. The van der Waals surface area contributed by atoms with E-state index in [9.17, 15) is 0 Å². The van der Waals surface area contributed by atoms with E-state index in [0.717, 1.165) is 6.42 Å². The number of hydrogen-bond acceptors (Lipinski definition) is 1. The summed E-state index contributed by atoms with van der Waals surface area (Å²) in [5.74, 6) is 2.62. The van der Waals surface area contributed by atoms with Crippen LogP contribution in [0.2, 0.25) is 0 Å². The average molecular weight is 138 g/mol. The molecule has 0 radical (unpaired) electrons. The minimum Gasteiger partial charge on any atom is -0.343 e. The molecule has 0 aromatic carbocycles. The van der Waals surface area contributed by atoms with Gasteiger partial charge in [-0.2, -0.15) is 18.2 Å². The zero-order valence-corrected chi connectivity index (χ0v) is 7.47. The van der Waals surface area contributed by atoms with Crippen LogP contribution in [0.4, 0.5) is 0 Å². The van der Waals surface area contributed by atoms with E-state index in [1.54, 1.807) is 0 Å². The molecule has 0 unspecified atom stereocenters. The van der Waals surface area contributed by atoms with Crippen molar-refractivity contribution in [2.75, 3.05) is 11.5 Å². The molecule has 0 aromatic heterocycles. The molecule has 50 valence electrons. The molecule has 0 atom stereocenters. The molecule has 0 heterocycles. The van der Waals surface area contributed by atoms with E-state index in [1.807, 2.05) is 11.8 Å². The van der Waals surface area contributed by atoms with Gasteiger partial charge in [0.1, 0.15) is 0 Å². The fourth-order valence-electron chi connectivity index (χ4n) is 0.451. The van der Waals surface area contributed by atoms with E-state index >= 15 is 0 Å². The second-order valence-electron chi connectivity index (χ2n) is 1.82. The molecule has 0 fully saturated rings. The summed E-state index contributed by atoms with van der Waals surface area (Å²) in [5.41, 5.74) is 0. The van der Waals surface area contributed by atoms with Crippen molar-refractivity contribution in [2.24, 2.45) is 0 Å². The van der Waals surface area contributed by atoms with Crippen LogP contribution in [0.1, 0.15) is 26.2 Å². The van der Waals surface area contributed by atoms with Crippen LogP contribution in [0.5, 0.6) is 0 Å². The SMILES string of the molecule is [CH2-]CCCSCCC.[Li+]. The predicted octanol–water partition coefficient (Wildman–Crippen LogP) is -0.252. The van der Waals surface area contributed by atoms with Gasteiger partial charge >= 0.3 is 18.9 Å². The Kier molecular flexibility index (Phi) is 16.4. The molecule has 0 nitrogen and oxygen atoms in total. The van der Waals surface area contributed by atoms with Gasteiger partial charge < -0.3 is 6.92 Å². The number of hydrogen-bond donors (Lipinski definition) is 0. The summed E-state index contributed by atoms with van der Waals surface area (Å²) in [6.45, 7) is 5.99. The molecule has 0 rings (SSSR count). The van der Waals surface area contributed by atoms with Gasteiger partial charge in [0.2, 0.25) is 0 Å². The van der Waals surface area contributed by atoms with E-state index in [2.05, 4.69) is 13.8 Å². The van der Waals surface area contributed by atoms with Crippen molar-refractivity contribution in [1.82, 2.24) is 0 Å². The number of rotatable bonds is 5. The fourth-order valence-corrected chi connectivity index (χ4v) is 1.35. The fraction of sp³-hybridized carbons (Fsp3) is 0.857. The minimum absolute atomic E-state index is 0. The molecule has 0 spiro atoms. The summed E-state index contributed by atoms with van der Waals surface area (Å²) in [6.07, 6.45) is 3.68. The van der Waals surface area contributed by atoms with Crippen molar-refractivity contribution in [1.29, 1.82) is 0 Å². The van der Waals surface area contributed by atoms with E-state index in [0.29, 0.717) is 0 Å². The molecule has 0 aliphatic rings. The average Bonchev–Trinajstić information content (AvgIpc) is 1.81. The normalized spacial score (nSPS) is 8.67. The Hall–Kier alpha value is 0.947. The molecular formula is C7H15LiS. The molecule has 0 aliphatic carbocycles. The third-order valence-corrected chi connectivity index (χ3v) is 2.16. The Morgan fingerprint density at radius 3 is 2.44 bits per heavy atom. The first-order valence-electron chi connectivity index (χ1n) is 3.28. The van der Waals surface area contributed by atoms with Crippen LogP contribution in [0.3, 0.4) is 0 Å². The first-order chi connectivity index (χ1) is 3.91. The zero-order valence-electron chi connectivity index (χ0n) is 6.65. The van der Waals surface area contributed by atoms with Gasteiger partial charge in [0, 0.05) is 0 Å². The van der Waals surface area contributed by atoms with Crippen molar-refractivity contribution in [3.63, 3.8) is 0 Å². The molecular weight excluding hydrogens is 123 g/mol. The predicted molar refractivity (Wildman–Crippen MR) is 42.2 cm³/mol. The Morgan fingerprint density at radius 1 is 1.33 bits per heavy atom. The summed E-state index contributed by atoms with van der Waals surface area (Å²) in [7, 11) is 0. The van der Waals surface area contributed by atoms with Crippen LogP contribution < -0.4 is 18.9 Å². The summed E-state index contributed by atoms with van der Waals surface area (Å²) in [4.78, 5) is 0. The standard InChI is InChI=1S/C7H15S.Li/c1-3-5-7-8-6-4-2;/h1,3-7H2,2H3;/q-1;+1.